The number of hydrogen-bond acceptors (Lipinski definition) is 8. The maximum absolute atomic E-state index is 14.2. The van der Waals surface area contributed by atoms with Crippen molar-refractivity contribution in [3.05, 3.63) is 65.2 Å². The van der Waals surface area contributed by atoms with Gasteiger partial charge in [0.15, 0.2) is 0 Å². The summed E-state index contributed by atoms with van der Waals surface area (Å²) in [5, 5.41) is 34.7. The largest absolute Gasteiger partial charge is 0.491 e. The van der Waals surface area contributed by atoms with Crippen LogP contribution in [0, 0.1) is 5.92 Å². The second kappa shape index (κ2) is 15.9. The molecule has 10 heteroatoms. The number of carbonyl (C=O) groups excluding carboxylic acids is 2. The highest BCUT2D eigenvalue weighted by molar-refractivity contribution is 5.86. The van der Waals surface area contributed by atoms with E-state index >= 15 is 0 Å². The summed E-state index contributed by atoms with van der Waals surface area (Å²) in [6.45, 7) is 0.926. The summed E-state index contributed by atoms with van der Waals surface area (Å²) in [4.78, 5) is 28.7. The molecule has 3 aliphatic rings. The van der Waals surface area contributed by atoms with E-state index in [1.165, 1.54) is 11.3 Å². The van der Waals surface area contributed by atoms with Gasteiger partial charge in [-0.2, -0.15) is 0 Å². The Balaban J connectivity index is 1.37. The Bertz CT molecular complexity index is 1240. The number of likely N-dealkylation sites (N-methyl/N-ethyl adjacent to an activating group) is 1. The zero-order valence-electron chi connectivity index (χ0n) is 26.2. The third kappa shape index (κ3) is 8.55. The van der Waals surface area contributed by atoms with E-state index in [1.807, 2.05) is 48.5 Å². The van der Waals surface area contributed by atoms with E-state index in [0.717, 1.165) is 48.8 Å². The fourth-order valence-electron chi connectivity index (χ4n) is 7.24. The minimum atomic E-state index is -1.08. The van der Waals surface area contributed by atoms with Crippen LogP contribution in [0.3, 0.4) is 0 Å². The Morgan fingerprint density at radius 2 is 1.82 bits per heavy atom. The molecule has 6 atom stereocenters. The van der Waals surface area contributed by atoms with Crippen LogP contribution in [0.25, 0.3) is 0 Å². The zero-order chi connectivity index (χ0) is 31.8. The van der Waals surface area contributed by atoms with E-state index < -0.39 is 42.4 Å². The second-order valence-electron chi connectivity index (χ2n) is 12.7. The Morgan fingerprint density at radius 3 is 2.53 bits per heavy atom. The predicted octanol–water partition coefficient (Wildman–Crippen LogP) is 3.86. The van der Waals surface area contributed by atoms with Gasteiger partial charge in [-0.25, -0.2) is 4.79 Å². The molecule has 0 aromatic heterocycles. The normalized spacial score (nSPS) is 23.5. The molecule has 1 aliphatic heterocycles. The number of benzene rings is 2. The van der Waals surface area contributed by atoms with Gasteiger partial charge in [-0.05, 0) is 41.2 Å². The molecular weight excluding hydrogens is 576 g/mol. The number of fused-ring (bicyclic) bond motifs is 1. The first-order valence-electron chi connectivity index (χ1n) is 16.4. The number of amides is 2. The molecule has 4 N–H and O–H groups in total. The van der Waals surface area contributed by atoms with E-state index in [9.17, 15) is 19.8 Å². The monoisotopic (exact) mass is 624 g/mol. The Kier molecular flexibility index (Phi) is 11.7. The van der Waals surface area contributed by atoms with Crippen LogP contribution in [-0.4, -0.2) is 90.0 Å². The van der Waals surface area contributed by atoms with Crippen molar-refractivity contribution < 1.29 is 39.1 Å². The molecule has 0 unspecified atom stereocenters. The molecular formula is C35H48N2O8. The van der Waals surface area contributed by atoms with Gasteiger partial charge in [0.2, 0.25) is 5.91 Å². The third-order valence-corrected chi connectivity index (χ3v) is 9.61. The van der Waals surface area contributed by atoms with Gasteiger partial charge in [0.25, 0.3) is 0 Å². The minimum absolute atomic E-state index is 0.0238. The Morgan fingerprint density at radius 1 is 1.07 bits per heavy atom. The summed E-state index contributed by atoms with van der Waals surface area (Å²) in [5.41, 5.74) is 2.79. The molecule has 246 valence electrons. The van der Waals surface area contributed by atoms with E-state index in [2.05, 4.69) is 5.32 Å². The van der Waals surface area contributed by atoms with Crippen LogP contribution < -0.4 is 10.1 Å². The van der Waals surface area contributed by atoms with Gasteiger partial charge in [-0.3, -0.25) is 4.79 Å². The number of rotatable bonds is 13. The van der Waals surface area contributed by atoms with E-state index in [0.29, 0.717) is 37.7 Å². The minimum Gasteiger partial charge on any atom is -0.491 e. The van der Waals surface area contributed by atoms with Crippen molar-refractivity contribution in [2.75, 3.05) is 33.5 Å². The van der Waals surface area contributed by atoms with Crippen LogP contribution in [0.1, 0.15) is 80.0 Å². The lowest BCUT2D eigenvalue weighted by Crippen LogP contribution is -2.51. The smallest absolute Gasteiger partial charge is 0.408 e. The average Bonchev–Trinajstić information content (AvgIpc) is 3.69. The van der Waals surface area contributed by atoms with Crippen molar-refractivity contribution in [3.63, 3.8) is 0 Å². The molecule has 2 amide bonds. The molecule has 1 heterocycles. The molecule has 2 aromatic rings. The summed E-state index contributed by atoms with van der Waals surface area (Å²) >= 11 is 0. The van der Waals surface area contributed by atoms with Crippen molar-refractivity contribution >= 4 is 12.0 Å². The number of carbonyl (C=O) groups is 2. The van der Waals surface area contributed by atoms with Crippen LogP contribution in [0.5, 0.6) is 5.75 Å². The van der Waals surface area contributed by atoms with Gasteiger partial charge < -0.3 is 39.7 Å². The van der Waals surface area contributed by atoms with E-state index in [1.54, 1.807) is 7.05 Å². The Labute approximate surface area is 265 Å². The van der Waals surface area contributed by atoms with E-state index in [4.69, 9.17) is 19.3 Å². The first kappa shape index (κ1) is 33.2. The van der Waals surface area contributed by atoms with Crippen LogP contribution in [0.2, 0.25) is 0 Å². The van der Waals surface area contributed by atoms with Crippen LogP contribution >= 0.6 is 0 Å². The van der Waals surface area contributed by atoms with Gasteiger partial charge in [-0.1, -0.05) is 68.5 Å². The SMILES string of the molecule is CN(C(=O)[C@@H](C[C@H](O)[C@@H](CC1CCCCC1)c1ccc(OCCO)cc1)NC(=O)O[C@H]1CCOC1)[C@H]1c2ccccc2C[C@H]1O. The molecule has 1 saturated heterocycles. The highest BCUT2D eigenvalue weighted by Crippen LogP contribution is 2.38. The molecule has 0 spiro atoms. The topological polar surface area (TPSA) is 138 Å². The quantitative estimate of drug-likeness (QED) is 0.264. The van der Waals surface area contributed by atoms with Gasteiger partial charge in [0.1, 0.15) is 24.5 Å². The zero-order valence-corrected chi connectivity index (χ0v) is 26.2. The van der Waals surface area contributed by atoms with Gasteiger partial charge >= 0.3 is 6.09 Å². The van der Waals surface area contributed by atoms with Crippen molar-refractivity contribution in [2.45, 2.75) is 94.1 Å². The Hall–Kier alpha value is -3.18. The molecule has 2 fully saturated rings. The summed E-state index contributed by atoms with van der Waals surface area (Å²) in [6, 6.07) is 13.5. The molecule has 0 bridgehead atoms. The highest BCUT2D eigenvalue weighted by atomic mass is 16.6. The molecule has 0 radical (unpaired) electrons. The van der Waals surface area contributed by atoms with Gasteiger partial charge in [0, 0.05) is 32.2 Å². The van der Waals surface area contributed by atoms with Crippen molar-refractivity contribution in [3.8, 4) is 5.75 Å². The summed E-state index contributed by atoms with van der Waals surface area (Å²) in [7, 11) is 1.64. The second-order valence-corrected chi connectivity index (χ2v) is 12.7. The molecule has 2 aromatic carbocycles. The lowest BCUT2D eigenvalue weighted by atomic mass is 9.77. The van der Waals surface area contributed by atoms with Gasteiger partial charge in [0.05, 0.1) is 38.1 Å². The summed E-state index contributed by atoms with van der Waals surface area (Å²) < 4.78 is 16.4. The molecule has 10 nitrogen and oxygen atoms in total. The number of ether oxygens (including phenoxy) is 3. The number of nitrogens with one attached hydrogen (secondary N) is 1. The lowest BCUT2D eigenvalue weighted by molar-refractivity contribution is -0.137. The van der Waals surface area contributed by atoms with Crippen molar-refractivity contribution in [1.82, 2.24) is 10.2 Å². The summed E-state index contributed by atoms with van der Waals surface area (Å²) in [5.74, 6) is 0.396. The predicted molar refractivity (Wildman–Crippen MR) is 168 cm³/mol. The lowest BCUT2D eigenvalue weighted by Gasteiger charge is -2.34. The fraction of sp³-hybridized carbons (Fsp3) is 0.600. The number of alkyl carbamates (subject to hydrolysis) is 1. The van der Waals surface area contributed by atoms with E-state index in [-0.39, 0.29) is 25.6 Å². The third-order valence-electron chi connectivity index (χ3n) is 9.61. The molecule has 2 aliphatic carbocycles. The fourth-order valence-corrected chi connectivity index (χ4v) is 7.24. The molecule has 45 heavy (non-hydrogen) atoms. The number of hydrogen-bond donors (Lipinski definition) is 4. The maximum Gasteiger partial charge on any atom is 0.408 e. The van der Waals surface area contributed by atoms with Crippen molar-refractivity contribution in [2.24, 2.45) is 5.92 Å². The van der Waals surface area contributed by atoms with Crippen LogP contribution in [0.4, 0.5) is 4.79 Å². The molecule has 1 saturated carbocycles. The first-order chi connectivity index (χ1) is 21.8. The number of nitrogens with zero attached hydrogens (tertiary/aromatic N) is 1. The number of aliphatic hydroxyl groups is 3. The van der Waals surface area contributed by atoms with Crippen molar-refractivity contribution in [1.29, 1.82) is 0 Å². The average molecular weight is 625 g/mol. The number of aliphatic hydroxyl groups excluding tert-OH is 3. The molecule has 5 rings (SSSR count). The highest BCUT2D eigenvalue weighted by Gasteiger charge is 2.40. The maximum atomic E-state index is 14.2. The summed E-state index contributed by atoms with van der Waals surface area (Å²) in [6.07, 6.45) is 4.64. The first-order valence-corrected chi connectivity index (χ1v) is 16.4. The van der Waals surface area contributed by atoms with Crippen LogP contribution in [-0.2, 0) is 20.7 Å². The standard InChI is InChI=1S/C35H48N2O8/c1-37(33-28-10-6-5-9-25(28)20-32(33)40)34(41)30(36-35(42)45-27-15-17-43-22-27)21-31(39)29(19-23-7-3-2-4-8-23)24-11-13-26(14-12-24)44-18-16-38/h5-6,9-14,23,27,29-33,38-40H,2-4,7-8,15-22H2,1H3,(H,36,42)/t27-,29-,30+,31-,32+,33-/m0/s1. The van der Waals surface area contributed by atoms with Crippen LogP contribution in [0.15, 0.2) is 48.5 Å². The van der Waals surface area contributed by atoms with Gasteiger partial charge in [-0.15, -0.1) is 0 Å².